The zero-order valence-electron chi connectivity index (χ0n) is 12.3. The van der Waals surface area contributed by atoms with Gasteiger partial charge in [-0.15, -0.1) is 0 Å². The van der Waals surface area contributed by atoms with E-state index in [0.29, 0.717) is 13.0 Å². The van der Waals surface area contributed by atoms with E-state index in [1.165, 1.54) is 0 Å². The number of amides is 1. The van der Waals surface area contributed by atoms with Gasteiger partial charge >= 0.3 is 6.09 Å². The molecular formula is C15H22N2O3. The van der Waals surface area contributed by atoms with Crippen molar-refractivity contribution in [2.45, 2.75) is 45.6 Å². The maximum atomic E-state index is 12.3. The van der Waals surface area contributed by atoms with Crippen LogP contribution in [0.1, 0.15) is 38.4 Å². The van der Waals surface area contributed by atoms with Crippen LogP contribution in [0.25, 0.3) is 0 Å². The lowest BCUT2D eigenvalue weighted by atomic mass is 10.1. The summed E-state index contributed by atoms with van der Waals surface area (Å²) in [7, 11) is 0. The normalized spacial score (nSPS) is 14.3. The lowest BCUT2D eigenvalue weighted by Gasteiger charge is -2.25. The summed E-state index contributed by atoms with van der Waals surface area (Å²) in [6, 6.07) is 1.91. The summed E-state index contributed by atoms with van der Waals surface area (Å²) in [5.74, 6) is 0. The topological polar surface area (TPSA) is 62.7 Å². The van der Waals surface area contributed by atoms with Gasteiger partial charge in [-0.05, 0) is 45.2 Å². The van der Waals surface area contributed by atoms with Crippen molar-refractivity contribution < 1.29 is 14.6 Å². The van der Waals surface area contributed by atoms with Gasteiger partial charge in [-0.2, -0.15) is 0 Å². The molecule has 0 unspecified atom stereocenters. The van der Waals surface area contributed by atoms with Gasteiger partial charge < -0.3 is 9.84 Å². The first-order valence-corrected chi connectivity index (χ1v) is 7.00. The molecule has 1 aromatic heterocycles. The number of ether oxygens (including phenoxy) is 1. The van der Waals surface area contributed by atoms with Crippen LogP contribution >= 0.6 is 0 Å². The van der Waals surface area contributed by atoms with Gasteiger partial charge in [-0.1, -0.05) is 0 Å². The molecule has 2 heterocycles. The molecule has 110 valence electrons. The number of hydrogen-bond donors (Lipinski definition) is 1. The Morgan fingerprint density at radius 1 is 1.50 bits per heavy atom. The third kappa shape index (κ3) is 3.28. The number of rotatable bonds is 3. The molecule has 1 aliphatic heterocycles. The summed E-state index contributed by atoms with van der Waals surface area (Å²) in [5, 5.41) is 8.98. The number of aliphatic hydroxyl groups is 1. The Balaban J connectivity index is 2.24. The molecule has 0 spiro atoms. The molecule has 0 saturated heterocycles. The predicted octanol–water partition coefficient (Wildman–Crippen LogP) is 2.30. The van der Waals surface area contributed by atoms with Crippen molar-refractivity contribution >= 4 is 11.8 Å². The van der Waals surface area contributed by atoms with Gasteiger partial charge in [0, 0.05) is 25.8 Å². The quantitative estimate of drug-likeness (QED) is 0.921. The Hall–Kier alpha value is -1.62. The van der Waals surface area contributed by atoms with Crippen molar-refractivity contribution in [2.75, 3.05) is 18.1 Å². The Labute approximate surface area is 119 Å². The minimum absolute atomic E-state index is 0.142. The van der Waals surface area contributed by atoms with Crippen molar-refractivity contribution in [3.63, 3.8) is 0 Å². The number of aliphatic hydroxyl groups excluding tert-OH is 1. The fraction of sp³-hybridized carbons (Fsp3) is 0.600. The summed E-state index contributed by atoms with van der Waals surface area (Å²) >= 11 is 0. The van der Waals surface area contributed by atoms with Crippen LogP contribution < -0.4 is 4.90 Å². The van der Waals surface area contributed by atoms with E-state index in [1.54, 1.807) is 11.1 Å². The van der Waals surface area contributed by atoms with E-state index in [-0.39, 0.29) is 12.7 Å². The highest BCUT2D eigenvalue weighted by atomic mass is 16.6. The van der Waals surface area contributed by atoms with E-state index in [0.717, 1.165) is 29.8 Å². The minimum atomic E-state index is -0.507. The van der Waals surface area contributed by atoms with E-state index in [2.05, 4.69) is 4.98 Å². The number of aryl methyl sites for hydroxylation is 1. The molecule has 0 fully saturated rings. The van der Waals surface area contributed by atoms with Crippen LogP contribution in [0.15, 0.2) is 12.3 Å². The Morgan fingerprint density at radius 2 is 2.25 bits per heavy atom. The second-order valence-electron chi connectivity index (χ2n) is 5.97. The van der Waals surface area contributed by atoms with Gasteiger partial charge in [-0.3, -0.25) is 9.88 Å². The summed E-state index contributed by atoms with van der Waals surface area (Å²) in [5.41, 5.74) is 2.35. The molecule has 1 amide bonds. The third-order valence-corrected chi connectivity index (χ3v) is 3.14. The van der Waals surface area contributed by atoms with Crippen LogP contribution in [0.4, 0.5) is 10.5 Å². The number of pyridine rings is 1. The Morgan fingerprint density at radius 3 is 2.90 bits per heavy atom. The molecule has 1 aliphatic rings. The third-order valence-electron chi connectivity index (χ3n) is 3.14. The van der Waals surface area contributed by atoms with Gasteiger partial charge in [0.25, 0.3) is 0 Å². The van der Waals surface area contributed by atoms with Crippen molar-refractivity contribution in [3.8, 4) is 0 Å². The lowest BCUT2D eigenvalue weighted by molar-refractivity contribution is 0.0583. The molecule has 20 heavy (non-hydrogen) atoms. The minimum Gasteiger partial charge on any atom is -0.443 e. The summed E-state index contributed by atoms with van der Waals surface area (Å²) in [6.45, 7) is 6.32. The Bertz CT molecular complexity index is 494. The molecule has 1 N–H and O–H groups in total. The van der Waals surface area contributed by atoms with E-state index in [9.17, 15) is 4.79 Å². The van der Waals surface area contributed by atoms with E-state index >= 15 is 0 Å². The van der Waals surface area contributed by atoms with Gasteiger partial charge in [0.15, 0.2) is 0 Å². The molecule has 5 heteroatoms. The maximum Gasteiger partial charge on any atom is 0.414 e. The molecule has 2 rings (SSSR count). The second kappa shape index (κ2) is 5.79. The molecule has 0 aliphatic carbocycles. The van der Waals surface area contributed by atoms with Gasteiger partial charge in [0.1, 0.15) is 5.60 Å². The fourth-order valence-electron chi connectivity index (χ4n) is 2.36. The van der Waals surface area contributed by atoms with E-state index in [1.807, 2.05) is 26.8 Å². The number of aromatic nitrogens is 1. The molecule has 0 aromatic carbocycles. The van der Waals surface area contributed by atoms with E-state index < -0.39 is 5.60 Å². The summed E-state index contributed by atoms with van der Waals surface area (Å²) in [6.07, 6.45) is 3.61. The van der Waals surface area contributed by atoms with Crippen LogP contribution in [0.5, 0.6) is 0 Å². The SMILES string of the molecule is CC(C)(C)OC(=O)N1CCc2nccc(CCCO)c21. The molecule has 5 nitrogen and oxygen atoms in total. The van der Waals surface area contributed by atoms with Crippen molar-refractivity contribution in [2.24, 2.45) is 0 Å². The molecule has 0 radical (unpaired) electrons. The lowest BCUT2D eigenvalue weighted by Crippen LogP contribution is -2.36. The Kier molecular flexibility index (Phi) is 4.28. The number of nitrogens with zero attached hydrogens (tertiary/aromatic N) is 2. The highest BCUT2D eigenvalue weighted by molar-refractivity contribution is 5.91. The molecular weight excluding hydrogens is 256 g/mol. The van der Waals surface area contributed by atoms with Crippen LogP contribution in [0.3, 0.4) is 0 Å². The predicted molar refractivity (Wildman–Crippen MR) is 76.9 cm³/mol. The van der Waals surface area contributed by atoms with Crippen molar-refractivity contribution in [3.05, 3.63) is 23.5 Å². The standard InChI is InChI=1S/C15H22N2O3/c1-15(2,3)20-14(19)17-9-7-12-13(17)11(5-4-10-18)6-8-16-12/h6,8,18H,4-5,7,9-10H2,1-3H3. The van der Waals surface area contributed by atoms with Crippen LogP contribution in [0.2, 0.25) is 0 Å². The number of hydrogen-bond acceptors (Lipinski definition) is 4. The highest BCUT2D eigenvalue weighted by Gasteiger charge is 2.31. The van der Waals surface area contributed by atoms with Crippen molar-refractivity contribution in [1.82, 2.24) is 4.98 Å². The first-order valence-electron chi connectivity index (χ1n) is 7.00. The molecule has 0 atom stereocenters. The highest BCUT2D eigenvalue weighted by Crippen LogP contribution is 2.32. The average molecular weight is 278 g/mol. The monoisotopic (exact) mass is 278 g/mol. The first kappa shape index (κ1) is 14.8. The van der Waals surface area contributed by atoms with Crippen LogP contribution in [-0.4, -0.2) is 34.9 Å². The number of anilines is 1. The van der Waals surface area contributed by atoms with Crippen LogP contribution in [-0.2, 0) is 17.6 Å². The molecule has 0 saturated carbocycles. The fourth-order valence-corrected chi connectivity index (χ4v) is 2.36. The van der Waals surface area contributed by atoms with E-state index in [4.69, 9.17) is 9.84 Å². The van der Waals surface area contributed by atoms with Crippen molar-refractivity contribution in [1.29, 1.82) is 0 Å². The largest absolute Gasteiger partial charge is 0.443 e. The first-order chi connectivity index (χ1) is 9.42. The zero-order chi connectivity index (χ0) is 14.8. The second-order valence-corrected chi connectivity index (χ2v) is 5.97. The number of fused-ring (bicyclic) bond motifs is 1. The maximum absolute atomic E-state index is 12.3. The van der Waals surface area contributed by atoms with Gasteiger partial charge in [0.2, 0.25) is 0 Å². The summed E-state index contributed by atoms with van der Waals surface area (Å²) < 4.78 is 5.45. The number of carbonyl (C=O) groups is 1. The van der Waals surface area contributed by atoms with Crippen LogP contribution in [0, 0.1) is 0 Å². The zero-order valence-corrected chi connectivity index (χ0v) is 12.3. The van der Waals surface area contributed by atoms with Gasteiger partial charge in [0.05, 0.1) is 11.4 Å². The molecule has 0 bridgehead atoms. The number of carbonyl (C=O) groups excluding carboxylic acids is 1. The summed E-state index contributed by atoms with van der Waals surface area (Å²) in [4.78, 5) is 18.3. The van der Waals surface area contributed by atoms with Gasteiger partial charge in [-0.25, -0.2) is 4.79 Å². The smallest absolute Gasteiger partial charge is 0.414 e. The average Bonchev–Trinajstić information content (AvgIpc) is 2.78. The molecule has 1 aromatic rings.